The fraction of sp³-hybridized carbons (Fsp3) is 0.684. The van der Waals surface area contributed by atoms with E-state index in [4.69, 9.17) is 15.5 Å². The summed E-state index contributed by atoms with van der Waals surface area (Å²) in [5.74, 6) is 0.539. The van der Waals surface area contributed by atoms with E-state index >= 15 is 0 Å². The van der Waals surface area contributed by atoms with Crippen molar-refractivity contribution in [2.75, 3.05) is 38.7 Å². The number of primary amides is 1. The van der Waals surface area contributed by atoms with Gasteiger partial charge in [0.2, 0.25) is 5.91 Å². The van der Waals surface area contributed by atoms with E-state index in [2.05, 4.69) is 19.0 Å². The van der Waals surface area contributed by atoms with Crippen LogP contribution < -0.4 is 10.6 Å². The third kappa shape index (κ3) is 5.41. The highest BCUT2D eigenvalue weighted by atomic mass is 16.5. The van der Waals surface area contributed by atoms with Crippen molar-refractivity contribution in [3.8, 4) is 0 Å². The second-order valence-electron chi connectivity index (χ2n) is 7.50. The minimum atomic E-state index is -0.472. The van der Waals surface area contributed by atoms with Crippen LogP contribution in [0.25, 0.3) is 0 Å². The smallest absolute Gasteiger partial charge is 0.240 e. The minimum Gasteiger partial charge on any atom is -0.369 e. The summed E-state index contributed by atoms with van der Waals surface area (Å²) >= 11 is 0. The zero-order chi connectivity index (χ0) is 18.4. The van der Waals surface area contributed by atoms with E-state index in [0.717, 1.165) is 50.3 Å². The Labute approximate surface area is 151 Å². The lowest BCUT2D eigenvalue weighted by molar-refractivity contribution is -0.119. The van der Waals surface area contributed by atoms with Gasteiger partial charge in [0.05, 0.1) is 5.69 Å². The number of anilines is 1. The van der Waals surface area contributed by atoms with Crippen LogP contribution >= 0.6 is 0 Å². The normalized spacial score (nSPS) is 18.6. The minimum absolute atomic E-state index is 0.263. The topological polar surface area (TPSA) is 71.7 Å². The summed E-state index contributed by atoms with van der Waals surface area (Å²) in [4.78, 5) is 20.8. The zero-order valence-electron chi connectivity index (χ0n) is 16.0. The molecule has 2 rings (SSSR count). The van der Waals surface area contributed by atoms with Crippen molar-refractivity contribution in [2.24, 2.45) is 5.73 Å². The van der Waals surface area contributed by atoms with Crippen molar-refractivity contribution in [1.82, 2.24) is 9.88 Å². The van der Waals surface area contributed by atoms with Gasteiger partial charge in [-0.15, -0.1) is 0 Å². The van der Waals surface area contributed by atoms with Crippen LogP contribution in [0.5, 0.6) is 0 Å². The number of amides is 1. The molecule has 2 N–H and O–H groups in total. The summed E-state index contributed by atoms with van der Waals surface area (Å²) in [6.07, 6.45) is 3.86. The van der Waals surface area contributed by atoms with Gasteiger partial charge in [0.25, 0.3) is 0 Å². The Balaban J connectivity index is 2.10. The zero-order valence-corrected chi connectivity index (χ0v) is 16.0. The van der Waals surface area contributed by atoms with Crippen LogP contribution in [0, 0.1) is 0 Å². The second-order valence-corrected chi connectivity index (χ2v) is 7.50. The van der Waals surface area contributed by atoms with Gasteiger partial charge in [-0.25, -0.2) is 4.98 Å². The molecule has 0 radical (unpaired) electrons. The number of hydrogen-bond acceptors (Lipinski definition) is 5. The van der Waals surface area contributed by atoms with E-state index < -0.39 is 5.60 Å². The first-order valence-electron chi connectivity index (χ1n) is 9.13. The third-order valence-corrected chi connectivity index (χ3v) is 4.69. The summed E-state index contributed by atoms with van der Waals surface area (Å²) in [5, 5.41) is 0. The molecule has 1 aliphatic rings. The lowest BCUT2D eigenvalue weighted by Crippen LogP contribution is -2.48. The van der Waals surface area contributed by atoms with Gasteiger partial charge in [0.15, 0.2) is 0 Å². The number of carbonyl (C=O) groups is 1. The standard InChI is InChI=1S/C19H32N4O2/c1-19(2,25-14-8-12-22(3)4)16-10-7-11-17(21-16)23-13-6-5-9-15(23)18(20)24/h7,10-11,15H,5-6,8-9,12-14H2,1-4H3,(H2,20,24). The number of rotatable bonds is 8. The number of nitrogens with zero attached hydrogens (tertiary/aromatic N) is 3. The molecule has 25 heavy (non-hydrogen) atoms. The molecule has 1 fully saturated rings. The summed E-state index contributed by atoms with van der Waals surface area (Å²) in [7, 11) is 4.12. The van der Waals surface area contributed by atoms with E-state index in [1.165, 1.54) is 0 Å². The average molecular weight is 348 g/mol. The molecule has 1 saturated heterocycles. The molecule has 1 aliphatic heterocycles. The maximum Gasteiger partial charge on any atom is 0.240 e. The first-order valence-corrected chi connectivity index (χ1v) is 9.13. The van der Waals surface area contributed by atoms with Gasteiger partial charge in [-0.2, -0.15) is 0 Å². The highest BCUT2D eigenvalue weighted by Gasteiger charge is 2.29. The average Bonchev–Trinajstić information content (AvgIpc) is 2.59. The molecule has 2 heterocycles. The molecule has 6 heteroatoms. The number of pyridine rings is 1. The van der Waals surface area contributed by atoms with Crippen LogP contribution in [0.1, 0.15) is 45.2 Å². The Morgan fingerprint density at radius 3 is 2.84 bits per heavy atom. The van der Waals surface area contributed by atoms with E-state index in [-0.39, 0.29) is 11.9 Å². The van der Waals surface area contributed by atoms with E-state index in [0.29, 0.717) is 6.61 Å². The number of aromatic nitrogens is 1. The fourth-order valence-corrected chi connectivity index (χ4v) is 3.20. The van der Waals surface area contributed by atoms with E-state index in [1.54, 1.807) is 0 Å². The Morgan fingerprint density at radius 2 is 2.16 bits per heavy atom. The molecule has 1 unspecified atom stereocenters. The molecular formula is C19H32N4O2. The first-order chi connectivity index (χ1) is 11.8. The number of ether oxygens (including phenoxy) is 1. The molecule has 0 spiro atoms. The molecule has 140 valence electrons. The molecule has 6 nitrogen and oxygen atoms in total. The van der Waals surface area contributed by atoms with Crippen molar-refractivity contribution in [1.29, 1.82) is 0 Å². The number of hydrogen-bond donors (Lipinski definition) is 1. The van der Waals surface area contributed by atoms with Crippen LogP contribution in [0.2, 0.25) is 0 Å². The van der Waals surface area contributed by atoms with Crippen molar-refractivity contribution >= 4 is 11.7 Å². The maximum absolute atomic E-state index is 11.8. The first kappa shape index (κ1) is 19.7. The van der Waals surface area contributed by atoms with Crippen LogP contribution in [0.3, 0.4) is 0 Å². The molecule has 1 aromatic heterocycles. The largest absolute Gasteiger partial charge is 0.369 e. The summed E-state index contributed by atoms with van der Waals surface area (Å²) in [6.45, 7) is 6.57. The Kier molecular flexibility index (Phi) is 6.79. The van der Waals surface area contributed by atoms with Gasteiger partial charge < -0.3 is 20.3 Å². The maximum atomic E-state index is 11.8. The number of piperidine rings is 1. The van der Waals surface area contributed by atoms with Crippen molar-refractivity contribution in [3.63, 3.8) is 0 Å². The molecule has 0 bridgehead atoms. The van der Waals surface area contributed by atoms with Crippen molar-refractivity contribution in [3.05, 3.63) is 23.9 Å². The fourth-order valence-electron chi connectivity index (χ4n) is 3.20. The van der Waals surface area contributed by atoms with Gasteiger partial charge in [0, 0.05) is 13.2 Å². The number of nitrogens with two attached hydrogens (primary N) is 1. The molecular weight excluding hydrogens is 316 g/mol. The van der Waals surface area contributed by atoms with E-state index in [9.17, 15) is 4.79 Å². The summed E-state index contributed by atoms with van der Waals surface area (Å²) < 4.78 is 6.08. The highest BCUT2D eigenvalue weighted by Crippen LogP contribution is 2.28. The molecule has 1 atom stereocenters. The van der Waals surface area contributed by atoms with Gasteiger partial charge in [-0.3, -0.25) is 4.79 Å². The Morgan fingerprint density at radius 1 is 1.40 bits per heavy atom. The number of carbonyl (C=O) groups excluding carboxylic acids is 1. The summed E-state index contributed by atoms with van der Waals surface area (Å²) in [5.41, 5.74) is 5.99. The van der Waals surface area contributed by atoms with Crippen LogP contribution in [0.15, 0.2) is 18.2 Å². The predicted octanol–water partition coefficient (Wildman–Crippen LogP) is 2.13. The summed E-state index contributed by atoms with van der Waals surface area (Å²) in [6, 6.07) is 5.65. The van der Waals surface area contributed by atoms with E-state index in [1.807, 2.05) is 36.9 Å². The van der Waals surface area contributed by atoms with Gasteiger partial charge in [0.1, 0.15) is 17.5 Å². The predicted molar refractivity (Wildman–Crippen MR) is 101 cm³/mol. The molecule has 0 aliphatic carbocycles. The quantitative estimate of drug-likeness (QED) is 0.729. The molecule has 1 amide bonds. The van der Waals surface area contributed by atoms with Crippen LogP contribution in [-0.4, -0.2) is 55.6 Å². The van der Waals surface area contributed by atoms with Gasteiger partial charge >= 0.3 is 0 Å². The Hall–Kier alpha value is -1.66. The lowest BCUT2D eigenvalue weighted by atomic mass is 10.0. The SMILES string of the molecule is CN(C)CCCOC(C)(C)c1cccc(N2CCCCC2C(N)=O)n1. The third-order valence-electron chi connectivity index (χ3n) is 4.69. The Bertz CT molecular complexity index is 574. The van der Waals surface area contributed by atoms with Crippen molar-refractivity contribution < 1.29 is 9.53 Å². The highest BCUT2D eigenvalue weighted by molar-refractivity contribution is 5.83. The second kappa shape index (κ2) is 8.63. The lowest BCUT2D eigenvalue weighted by Gasteiger charge is -2.35. The van der Waals surface area contributed by atoms with Crippen LogP contribution in [-0.2, 0) is 15.1 Å². The van der Waals surface area contributed by atoms with Crippen LogP contribution in [0.4, 0.5) is 5.82 Å². The van der Waals surface area contributed by atoms with Gasteiger partial charge in [-0.05, 0) is 72.3 Å². The molecule has 1 aromatic rings. The van der Waals surface area contributed by atoms with Crippen molar-refractivity contribution in [2.45, 2.75) is 51.2 Å². The monoisotopic (exact) mass is 348 g/mol. The molecule has 0 aromatic carbocycles. The van der Waals surface area contributed by atoms with Gasteiger partial charge in [-0.1, -0.05) is 6.07 Å². The molecule has 0 saturated carbocycles.